The van der Waals surface area contributed by atoms with Crippen LogP contribution in [0.4, 0.5) is 0 Å². The number of nitrogens with one attached hydrogen (secondary N) is 1. The number of amides is 1. The van der Waals surface area contributed by atoms with Gasteiger partial charge in [0.1, 0.15) is 11.2 Å². The fourth-order valence-corrected chi connectivity index (χ4v) is 3.90. The summed E-state index contributed by atoms with van der Waals surface area (Å²) in [6, 6.07) is 0. The number of hydrogen-bond donors (Lipinski definition) is 2. The highest BCUT2D eigenvalue weighted by Gasteiger charge is 2.66. The Bertz CT molecular complexity index is 647. The topological polar surface area (TPSA) is 88.5 Å². The van der Waals surface area contributed by atoms with E-state index < -0.39 is 22.8 Å². The van der Waals surface area contributed by atoms with Gasteiger partial charge in [-0.25, -0.2) is 9.78 Å². The zero-order chi connectivity index (χ0) is 18.3. The highest BCUT2D eigenvalue weighted by molar-refractivity contribution is 7.10. The molecule has 7 heteroatoms. The van der Waals surface area contributed by atoms with Crippen molar-refractivity contribution >= 4 is 23.2 Å². The van der Waals surface area contributed by atoms with Gasteiger partial charge < -0.3 is 15.2 Å². The van der Waals surface area contributed by atoms with E-state index >= 15 is 0 Å². The third kappa shape index (κ3) is 2.95. The molecule has 1 aromatic rings. The number of carboxylic acids is 1. The molecule has 1 aromatic heterocycles. The van der Waals surface area contributed by atoms with E-state index in [1.54, 1.807) is 5.38 Å². The molecule has 0 spiro atoms. The van der Waals surface area contributed by atoms with Crippen molar-refractivity contribution < 1.29 is 19.4 Å². The SMILES string of the molecule is CCOC1CC(NC(=O)c2csc(C(C)(C)C)n2)(C(=O)O)C1(C)C. The van der Waals surface area contributed by atoms with Crippen LogP contribution in [0.3, 0.4) is 0 Å². The zero-order valence-electron chi connectivity index (χ0n) is 15.1. The van der Waals surface area contributed by atoms with Gasteiger partial charge in [-0.3, -0.25) is 4.79 Å². The van der Waals surface area contributed by atoms with Crippen molar-refractivity contribution in [3.05, 3.63) is 16.1 Å². The van der Waals surface area contributed by atoms with Crippen LogP contribution in [-0.4, -0.2) is 40.2 Å². The Morgan fingerprint density at radius 2 is 2.08 bits per heavy atom. The Morgan fingerprint density at radius 1 is 1.46 bits per heavy atom. The minimum Gasteiger partial charge on any atom is -0.479 e. The Labute approximate surface area is 146 Å². The number of carboxylic acid groups (broad SMARTS) is 1. The van der Waals surface area contributed by atoms with Crippen molar-refractivity contribution in [1.82, 2.24) is 10.3 Å². The van der Waals surface area contributed by atoms with Gasteiger partial charge >= 0.3 is 5.97 Å². The maximum atomic E-state index is 12.6. The lowest BCUT2D eigenvalue weighted by Gasteiger charge is -2.58. The summed E-state index contributed by atoms with van der Waals surface area (Å²) in [5, 5.41) is 15.0. The molecule has 1 aliphatic rings. The first-order chi connectivity index (χ1) is 11.0. The molecule has 0 bridgehead atoms. The molecule has 134 valence electrons. The van der Waals surface area contributed by atoms with E-state index in [2.05, 4.69) is 10.3 Å². The minimum absolute atomic E-state index is 0.149. The van der Waals surface area contributed by atoms with Crippen molar-refractivity contribution in [2.24, 2.45) is 5.41 Å². The molecule has 2 unspecified atom stereocenters. The summed E-state index contributed by atoms with van der Waals surface area (Å²) in [6.45, 7) is 12.1. The van der Waals surface area contributed by atoms with Crippen LogP contribution in [0, 0.1) is 5.41 Å². The van der Waals surface area contributed by atoms with Crippen LogP contribution >= 0.6 is 11.3 Å². The van der Waals surface area contributed by atoms with Crippen molar-refractivity contribution in [3.8, 4) is 0 Å². The summed E-state index contributed by atoms with van der Waals surface area (Å²) in [7, 11) is 0. The van der Waals surface area contributed by atoms with Gasteiger partial charge in [-0.05, 0) is 6.92 Å². The van der Waals surface area contributed by atoms with Crippen LogP contribution in [0.15, 0.2) is 5.38 Å². The van der Waals surface area contributed by atoms with Gasteiger partial charge in [0.05, 0.1) is 11.1 Å². The number of thiazole rings is 1. The molecule has 1 fully saturated rings. The second kappa shape index (κ2) is 6.11. The van der Waals surface area contributed by atoms with Crippen LogP contribution in [0.1, 0.15) is 63.5 Å². The quantitative estimate of drug-likeness (QED) is 0.849. The highest BCUT2D eigenvalue weighted by atomic mass is 32.1. The van der Waals surface area contributed by atoms with E-state index in [1.807, 2.05) is 41.5 Å². The molecule has 2 atom stereocenters. The van der Waals surface area contributed by atoms with Gasteiger partial charge in [0.25, 0.3) is 5.91 Å². The molecule has 1 saturated carbocycles. The molecule has 1 aliphatic carbocycles. The van der Waals surface area contributed by atoms with E-state index in [9.17, 15) is 14.7 Å². The predicted octanol–water partition coefficient (Wildman–Crippen LogP) is 2.83. The average Bonchev–Trinajstić information content (AvgIpc) is 2.95. The Kier molecular flexibility index (Phi) is 4.80. The fraction of sp³-hybridized carbons (Fsp3) is 0.706. The fourth-order valence-electron chi connectivity index (χ4n) is 3.02. The zero-order valence-corrected chi connectivity index (χ0v) is 15.9. The summed E-state index contributed by atoms with van der Waals surface area (Å²) in [6.07, 6.45) is 0.0602. The lowest BCUT2D eigenvalue weighted by molar-refractivity contribution is -0.190. The first-order valence-electron chi connectivity index (χ1n) is 8.09. The minimum atomic E-state index is -1.34. The van der Waals surface area contributed by atoms with Gasteiger partial charge in [-0.1, -0.05) is 34.6 Å². The van der Waals surface area contributed by atoms with Gasteiger partial charge in [0.2, 0.25) is 0 Å². The molecular weight excluding hydrogens is 328 g/mol. The molecule has 0 aliphatic heterocycles. The van der Waals surface area contributed by atoms with Gasteiger partial charge in [-0.15, -0.1) is 11.3 Å². The van der Waals surface area contributed by atoms with Crippen LogP contribution in [0.5, 0.6) is 0 Å². The number of aromatic nitrogens is 1. The molecule has 2 rings (SSSR count). The number of carbonyl (C=O) groups excluding carboxylic acids is 1. The van der Waals surface area contributed by atoms with E-state index in [4.69, 9.17) is 4.74 Å². The van der Waals surface area contributed by atoms with Crippen molar-refractivity contribution in [1.29, 1.82) is 0 Å². The summed E-state index contributed by atoms with van der Waals surface area (Å²) in [5.41, 5.74) is -1.92. The summed E-state index contributed by atoms with van der Waals surface area (Å²) >= 11 is 1.41. The summed E-state index contributed by atoms with van der Waals surface area (Å²) < 4.78 is 5.61. The van der Waals surface area contributed by atoms with E-state index in [0.717, 1.165) is 5.01 Å². The third-order valence-electron chi connectivity index (χ3n) is 4.83. The van der Waals surface area contributed by atoms with Crippen molar-refractivity contribution in [3.63, 3.8) is 0 Å². The molecule has 0 saturated heterocycles. The Hall–Kier alpha value is -1.47. The predicted molar refractivity (Wildman–Crippen MR) is 92.5 cm³/mol. The van der Waals surface area contributed by atoms with Gasteiger partial charge in [0.15, 0.2) is 0 Å². The average molecular weight is 354 g/mol. The van der Waals surface area contributed by atoms with E-state index in [0.29, 0.717) is 6.61 Å². The third-order valence-corrected chi connectivity index (χ3v) is 6.10. The molecule has 0 aromatic carbocycles. The first-order valence-corrected chi connectivity index (χ1v) is 8.97. The number of rotatable bonds is 5. The van der Waals surface area contributed by atoms with Crippen molar-refractivity contribution in [2.75, 3.05) is 6.61 Å². The molecule has 0 radical (unpaired) electrons. The lowest BCUT2D eigenvalue weighted by atomic mass is 9.54. The van der Waals surface area contributed by atoms with Crippen molar-refractivity contribution in [2.45, 2.75) is 65.0 Å². The second-order valence-electron chi connectivity index (χ2n) is 7.82. The maximum absolute atomic E-state index is 12.6. The van der Waals surface area contributed by atoms with Crippen LogP contribution in [0.25, 0.3) is 0 Å². The normalized spacial score (nSPS) is 25.8. The Balaban J connectivity index is 2.22. The van der Waals surface area contributed by atoms with Crippen LogP contribution in [-0.2, 0) is 14.9 Å². The van der Waals surface area contributed by atoms with E-state index in [1.165, 1.54) is 11.3 Å². The van der Waals surface area contributed by atoms with E-state index in [-0.39, 0.29) is 23.6 Å². The van der Waals surface area contributed by atoms with Crippen LogP contribution in [0.2, 0.25) is 0 Å². The molecule has 2 N–H and O–H groups in total. The molecule has 1 amide bonds. The van der Waals surface area contributed by atoms with Crippen LogP contribution < -0.4 is 5.32 Å². The summed E-state index contributed by atoms with van der Waals surface area (Å²) in [4.78, 5) is 28.9. The number of aliphatic carboxylic acids is 1. The molecule has 6 nitrogen and oxygen atoms in total. The molecule has 24 heavy (non-hydrogen) atoms. The van der Waals surface area contributed by atoms with Gasteiger partial charge in [0, 0.05) is 29.2 Å². The Morgan fingerprint density at radius 3 is 2.50 bits per heavy atom. The number of nitrogens with zero attached hydrogens (tertiary/aromatic N) is 1. The second-order valence-corrected chi connectivity index (χ2v) is 8.68. The maximum Gasteiger partial charge on any atom is 0.330 e. The highest BCUT2D eigenvalue weighted by Crippen LogP contribution is 2.51. The first kappa shape index (κ1) is 18.9. The standard InChI is InChI=1S/C17H26N2O4S/c1-7-23-11-8-17(14(21)22,16(11,5)6)19-12(20)10-9-24-13(18-10)15(2,3)4/h9,11H,7-8H2,1-6H3,(H,19,20)(H,21,22). The largest absolute Gasteiger partial charge is 0.479 e. The number of carbonyl (C=O) groups is 2. The monoisotopic (exact) mass is 354 g/mol. The lowest BCUT2D eigenvalue weighted by Crippen LogP contribution is -2.76. The molecule has 1 heterocycles. The number of hydrogen-bond acceptors (Lipinski definition) is 5. The smallest absolute Gasteiger partial charge is 0.330 e. The molecular formula is C17H26N2O4S. The van der Waals surface area contributed by atoms with Gasteiger partial charge in [-0.2, -0.15) is 0 Å². The summed E-state index contributed by atoms with van der Waals surface area (Å²) in [5.74, 6) is -1.49. The number of ether oxygens (including phenoxy) is 1.